The van der Waals surface area contributed by atoms with Gasteiger partial charge in [-0.05, 0) is 13.0 Å². The molecule has 1 aromatic carbocycles. The van der Waals surface area contributed by atoms with E-state index in [2.05, 4.69) is 21.8 Å². The third-order valence-corrected chi connectivity index (χ3v) is 3.44. The summed E-state index contributed by atoms with van der Waals surface area (Å²) in [5.74, 6) is 0.702. The summed E-state index contributed by atoms with van der Waals surface area (Å²) in [6, 6.07) is 8.14. The third kappa shape index (κ3) is 2.39. The fourth-order valence-electron chi connectivity index (χ4n) is 2.31. The second-order valence-corrected chi connectivity index (χ2v) is 4.87. The normalized spacial score (nSPS) is 23.8. The Kier molecular flexibility index (Phi) is 3.31. The quantitative estimate of drug-likeness (QED) is 0.878. The Bertz CT molecular complexity index is 575. The van der Waals surface area contributed by atoms with Crippen molar-refractivity contribution in [3.63, 3.8) is 0 Å². The van der Waals surface area contributed by atoms with Crippen molar-refractivity contribution in [1.29, 1.82) is 0 Å². The van der Waals surface area contributed by atoms with Gasteiger partial charge >= 0.3 is 0 Å². The number of hydrogen-bond acceptors (Lipinski definition) is 5. The summed E-state index contributed by atoms with van der Waals surface area (Å²) >= 11 is 0. The van der Waals surface area contributed by atoms with Crippen LogP contribution in [0.25, 0.3) is 10.9 Å². The molecule has 3 rings (SSSR count). The Morgan fingerprint density at radius 3 is 3.11 bits per heavy atom. The summed E-state index contributed by atoms with van der Waals surface area (Å²) in [5.41, 5.74) is 0.937. The molecule has 2 heterocycles. The van der Waals surface area contributed by atoms with Gasteiger partial charge in [-0.25, -0.2) is 9.97 Å². The molecule has 2 unspecified atom stereocenters. The molecule has 2 atom stereocenters. The number of rotatable bonds is 2. The van der Waals surface area contributed by atoms with Crippen LogP contribution in [0.5, 0.6) is 0 Å². The van der Waals surface area contributed by atoms with E-state index in [0.29, 0.717) is 19.1 Å². The van der Waals surface area contributed by atoms with Gasteiger partial charge in [-0.1, -0.05) is 18.2 Å². The number of nitrogens with zero attached hydrogens (tertiary/aromatic N) is 3. The van der Waals surface area contributed by atoms with Crippen LogP contribution in [0.4, 0.5) is 5.95 Å². The lowest BCUT2D eigenvalue weighted by Crippen LogP contribution is -2.50. The summed E-state index contributed by atoms with van der Waals surface area (Å²) in [5, 5.41) is 10.3. The molecular formula is C14H17N3O2. The fourth-order valence-corrected chi connectivity index (χ4v) is 2.31. The topological polar surface area (TPSA) is 58.5 Å². The lowest BCUT2D eigenvalue weighted by molar-refractivity contribution is -0.0108. The average molecular weight is 259 g/mol. The van der Waals surface area contributed by atoms with Crippen LogP contribution in [0, 0.1) is 0 Å². The van der Waals surface area contributed by atoms with Crippen molar-refractivity contribution in [3.05, 3.63) is 30.5 Å². The van der Waals surface area contributed by atoms with Crippen molar-refractivity contribution >= 4 is 16.9 Å². The summed E-state index contributed by atoms with van der Waals surface area (Å²) < 4.78 is 5.53. The van der Waals surface area contributed by atoms with Crippen molar-refractivity contribution in [2.45, 2.75) is 19.1 Å². The zero-order chi connectivity index (χ0) is 13.2. The predicted molar refractivity (Wildman–Crippen MR) is 73.2 cm³/mol. The van der Waals surface area contributed by atoms with Gasteiger partial charge in [0.1, 0.15) is 0 Å². The molecule has 100 valence electrons. The number of fused-ring (bicyclic) bond motifs is 1. The number of hydrogen-bond donors (Lipinski definition) is 1. The van der Waals surface area contributed by atoms with E-state index in [9.17, 15) is 5.11 Å². The Labute approximate surface area is 111 Å². The van der Waals surface area contributed by atoms with E-state index in [1.165, 1.54) is 0 Å². The van der Waals surface area contributed by atoms with Crippen LogP contribution < -0.4 is 4.90 Å². The fraction of sp³-hybridized carbons (Fsp3) is 0.429. The first-order valence-electron chi connectivity index (χ1n) is 6.49. The molecule has 0 radical (unpaired) electrons. The van der Waals surface area contributed by atoms with E-state index in [-0.39, 0.29) is 18.8 Å². The summed E-state index contributed by atoms with van der Waals surface area (Å²) in [4.78, 5) is 11.1. The molecule has 1 aromatic heterocycles. The maximum absolute atomic E-state index is 9.22. The third-order valence-electron chi connectivity index (χ3n) is 3.44. The van der Waals surface area contributed by atoms with Crippen molar-refractivity contribution in [1.82, 2.24) is 9.97 Å². The van der Waals surface area contributed by atoms with Gasteiger partial charge in [-0.3, -0.25) is 0 Å². The zero-order valence-electron chi connectivity index (χ0n) is 10.9. The largest absolute Gasteiger partial charge is 0.394 e. The van der Waals surface area contributed by atoms with E-state index in [1.54, 1.807) is 0 Å². The highest BCUT2D eigenvalue weighted by molar-refractivity contribution is 5.78. The van der Waals surface area contributed by atoms with Crippen LogP contribution in [0.3, 0.4) is 0 Å². The molecule has 0 saturated carbocycles. The van der Waals surface area contributed by atoms with Crippen molar-refractivity contribution in [2.75, 3.05) is 24.7 Å². The molecule has 0 spiro atoms. The van der Waals surface area contributed by atoms with Crippen molar-refractivity contribution in [2.24, 2.45) is 0 Å². The average Bonchev–Trinajstić information content (AvgIpc) is 2.47. The highest BCUT2D eigenvalue weighted by Crippen LogP contribution is 2.20. The first-order chi connectivity index (χ1) is 9.28. The molecule has 19 heavy (non-hydrogen) atoms. The minimum absolute atomic E-state index is 0.0246. The monoisotopic (exact) mass is 259 g/mol. The number of benzene rings is 1. The highest BCUT2D eigenvalue weighted by Gasteiger charge is 2.27. The first-order valence-corrected chi connectivity index (χ1v) is 6.49. The number of aliphatic hydroxyl groups is 1. The molecule has 5 heteroatoms. The molecule has 1 aliphatic rings. The molecule has 0 amide bonds. The van der Waals surface area contributed by atoms with Crippen LogP contribution in [0.1, 0.15) is 6.92 Å². The van der Waals surface area contributed by atoms with Gasteiger partial charge in [0.25, 0.3) is 0 Å². The van der Waals surface area contributed by atoms with Crippen LogP contribution in [0.15, 0.2) is 30.5 Å². The number of aliphatic hydroxyl groups excluding tert-OH is 1. The minimum atomic E-state index is -0.161. The molecule has 1 aliphatic heterocycles. The van der Waals surface area contributed by atoms with Crippen molar-refractivity contribution < 1.29 is 9.84 Å². The van der Waals surface area contributed by atoms with Crippen LogP contribution >= 0.6 is 0 Å². The second-order valence-electron chi connectivity index (χ2n) is 4.87. The van der Waals surface area contributed by atoms with Crippen LogP contribution in [-0.2, 0) is 4.74 Å². The highest BCUT2D eigenvalue weighted by atomic mass is 16.5. The van der Waals surface area contributed by atoms with Gasteiger partial charge in [0.05, 0.1) is 30.9 Å². The number of ether oxygens (including phenoxy) is 1. The first kappa shape index (κ1) is 12.3. The molecule has 5 nitrogen and oxygen atoms in total. The Morgan fingerprint density at radius 2 is 2.26 bits per heavy atom. The summed E-state index contributed by atoms with van der Waals surface area (Å²) in [6.07, 6.45) is 1.68. The van der Waals surface area contributed by atoms with Gasteiger partial charge in [0.15, 0.2) is 0 Å². The second kappa shape index (κ2) is 5.11. The Hall–Kier alpha value is -1.72. The maximum Gasteiger partial charge on any atom is 0.226 e. The van der Waals surface area contributed by atoms with Crippen molar-refractivity contribution in [3.8, 4) is 0 Å². The Morgan fingerprint density at radius 1 is 1.42 bits per heavy atom. The van der Waals surface area contributed by atoms with E-state index in [1.807, 2.05) is 30.5 Å². The van der Waals surface area contributed by atoms with Crippen LogP contribution in [-0.4, -0.2) is 47.0 Å². The lowest BCUT2D eigenvalue weighted by Gasteiger charge is -2.37. The molecule has 1 saturated heterocycles. The Balaban J connectivity index is 1.93. The lowest BCUT2D eigenvalue weighted by atomic mass is 10.2. The summed E-state index contributed by atoms with van der Waals surface area (Å²) in [7, 11) is 0. The van der Waals surface area contributed by atoms with Gasteiger partial charge in [0, 0.05) is 18.1 Å². The summed E-state index contributed by atoms with van der Waals surface area (Å²) in [6.45, 7) is 3.31. The van der Waals surface area contributed by atoms with E-state index in [0.717, 1.165) is 10.9 Å². The standard InChI is InChI=1S/C14H17N3O2/c1-10-9-19-12(8-18)7-17(10)14-15-6-11-4-2-3-5-13(11)16-14/h2-6,10,12,18H,7-9H2,1H3. The number of morpholine rings is 1. The van der Waals surface area contributed by atoms with Gasteiger partial charge < -0.3 is 14.7 Å². The molecule has 1 fully saturated rings. The smallest absolute Gasteiger partial charge is 0.226 e. The van der Waals surface area contributed by atoms with Gasteiger partial charge in [-0.15, -0.1) is 0 Å². The van der Waals surface area contributed by atoms with Gasteiger partial charge in [-0.2, -0.15) is 0 Å². The minimum Gasteiger partial charge on any atom is -0.394 e. The molecule has 0 aliphatic carbocycles. The van der Waals surface area contributed by atoms with Crippen LogP contribution in [0.2, 0.25) is 0 Å². The van der Waals surface area contributed by atoms with Gasteiger partial charge in [0.2, 0.25) is 5.95 Å². The molecule has 0 bridgehead atoms. The zero-order valence-corrected chi connectivity index (χ0v) is 10.9. The molecular weight excluding hydrogens is 242 g/mol. The molecule has 1 N–H and O–H groups in total. The predicted octanol–water partition coefficient (Wildman–Crippen LogP) is 1.22. The van der Waals surface area contributed by atoms with E-state index < -0.39 is 0 Å². The SMILES string of the molecule is CC1COC(CO)CN1c1ncc2ccccc2n1. The van der Waals surface area contributed by atoms with E-state index in [4.69, 9.17) is 4.74 Å². The number of anilines is 1. The maximum atomic E-state index is 9.22. The van der Waals surface area contributed by atoms with E-state index >= 15 is 0 Å². The number of aromatic nitrogens is 2. The molecule has 2 aromatic rings. The number of para-hydroxylation sites is 1.